The number of carbonyl (C=O) groups is 1. The predicted molar refractivity (Wildman–Crippen MR) is 95.2 cm³/mol. The molecule has 24 heavy (non-hydrogen) atoms. The van der Waals surface area contributed by atoms with E-state index in [1.807, 2.05) is 51.1 Å². The lowest BCUT2D eigenvalue weighted by Crippen LogP contribution is -2.28. The molecule has 0 bridgehead atoms. The molecule has 0 amide bonds. The van der Waals surface area contributed by atoms with Gasteiger partial charge in [-0.05, 0) is 57.0 Å². The minimum Gasteiger partial charge on any atom is -0.497 e. The van der Waals surface area contributed by atoms with Crippen LogP contribution in [0.15, 0.2) is 48.1 Å². The molecule has 2 rings (SSSR count). The number of hydrogen-bond acceptors (Lipinski definition) is 4. The third-order valence-electron chi connectivity index (χ3n) is 3.53. The van der Waals surface area contributed by atoms with Crippen LogP contribution in [0.2, 0.25) is 0 Å². The van der Waals surface area contributed by atoms with Crippen LogP contribution in [-0.2, 0) is 9.53 Å². The van der Waals surface area contributed by atoms with Crippen molar-refractivity contribution < 1.29 is 19.0 Å². The Morgan fingerprint density at radius 2 is 2.08 bits per heavy atom. The van der Waals surface area contributed by atoms with Gasteiger partial charge in [-0.2, -0.15) is 0 Å². The lowest BCUT2D eigenvalue weighted by molar-refractivity contribution is -0.137. The molecule has 1 aliphatic rings. The maximum absolute atomic E-state index is 11.5. The molecule has 0 fully saturated rings. The van der Waals surface area contributed by atoms with Gasteiger partial charge in [0, 0.05) is 17.7 Å². The van der Waals surface area contributed by atoms with Crippen LogP contribution in [0.4, 0.5) is 0 Å². The van der Waals surface area contributed by atoms with E-state index in [0.29, 0.717) is 6.61 Å². The molecule has 4 heteroatoms. The molecule has 0 unspecified atom stereocenters. The smallest absolute Gasteiger partial charge is 0.330 e. The van der Waals surface area contributed by atoms with Gasteiger partial charge in [-0.1, -0.05) is 12.2 Å². The van der Waals surface area contributed by atoms with Crippen molar-refractivity contribution in [3.63, 3.8) is 0 Å². The summed E-state index contributed by atoms with van der Waals surface area (Å²) < 4.78 is 16.2. The maximum Gasteiger partial charge on any atom is 0.330 e. The molecule has 1 aromatic carbocycles. The zero-order valence-corrected chi connectivity index (χ0v) is 14.9. The number of benzene rings is 1. The third kappa shape index (κ3) is 4.51. The van der Waals surface area contributed by atoms with Crippen LogP contribution in [0, 0.1) is 0 Å². The van der Waals surface area contributed by atoms with E-state index in [1.165, 1.54) is 6.08 Å². The minimum atomic E-state index is -0.419. The van der Waals surface area contributed by atoms with Gasteiger partial charge in [0.05, 0.1) is 13.7 Å². The highest BCUT2D eigenvalue weighted by Gasteiger charge is 2.25. The van der Waals surface area contributed by atoms with E-state index in [1.54, 1.807) is 14.0 Å². The second-order valence-electron chi connectivity index (χ2n) is 6.14. The van der Waals surface area contributed by atoms with E-state index in [4.69, 9.17) is 14.2 Å². The molecule has 0 N–H and O–H groups in total. The monoisotopic (exact) mass is 328 g/mol. The van der Waals surface area contributed by atoms with Crippen molar-refractivity contribution in [2.45, 2.75) is 33.3 Å². The molecule has 1 aliphatic heterocycles. The van der Waals surface area contributed by atoms with Crippen molar-refractivity contribution >= 4 is 11.5 Å². The summed E-state index contributed by atoms with van der Waals surface area (Å²) in [6.45, 7) is 8.04. The SMILES string of the molecule is CCOC(=O)/C=C(C)/C=C/C1=CC(C)(C)Oc2cc(OC)ccc21. The molecule has 0 radical (unpaired) electrons. The van der Waals surface area contributed by atoms with Gasteiger partial charge in [0.1, 0.15) is 17.1 Å². The molecule has 0 spiro atoms. The van der Waals surface area contributed by atoms with Gasteiger partial charge in [-0.15, -0.1) is 0 Å². The molecule has 0 atom stereocenters. The third-order valence-corrected chi connectivity index (χ3v) is 3.53. The van der Waals surface area contributed by atoms with Gasteiger partial charge in [0.2, 0.25) is 0 Å². The number of carbonyl (C=O) groups excluding carboxylic acids is 1. The molecular formula is C20H24O4. The van der Waals surface area contributed by atoms with Gasteiger partial charge in [0.25, 0.3) is 0 Å². The molecule has 0 aliphatic carbocycles. The number of allylic oxidation sites excluding steroid dienone is 4. The minimum absolute atomic E-state index is 0.328. The van der Waals surface area contributed by atoms with Crippen molar-refractivity contribution in [1.29, 1.82) is 0 Å². The first-order valence-electron chi connectivity index (χ1n) is 7.98. The fraction of sp³-hybridized carbons (Fsp3) is 0.350. The predicted octanol–water partition coefficient (Wildman–Crippen LogP) is 4.32. The largest absolute Gasteiger partial charge is 0.497 e. The summed E-state index contributed by atoms with van der Waals surface area (Å²) in [5, 5.41) is 0. The average molecular weight is 328 g/mol. The number of ether oxygens (including phenoxy) is 3. The Labute approximate surface area is 143 Å². The average Bonchev–Trinajstić information content (AvgIpc) is 2.51. The van der Waals surface area contributed by atoms with Crippen LogP contribution >= 0.6 is 0 Å². The maximum atomic E-state index is 11.5. The molecule has 1 heterocycles. The number of methoxy groups -OCH3 is 1. The number of fused-ring (bicyclic) bond motifs is 1. The lowest BCUT2D eigenvalue weighted by Gasteiger charge is -2.30. The van der Waals surface area contributed by atoms with Gasteiger partial charge in [-0.3, -0.25) is 0 Å². The summed E-state index contributed by atoms with van der Waals surface area (Å²) in [5.74, 6) is 1.22. The van der Waals surface area contributed by atoms with Crippen molar-refractivity contribution in [2.75, 3.05) is 13.7 Å². The first-order valence-corrected chi connectivity index (χ1v) is 7.98. The molecule has 4 nitrogen and oxygen atoms in total. The number of hydrogen-bond donors (Lipinski definition) is 0. The van der Waals surface area contributed by atoms with Crippen LogP contribution in [0.5, 0.6) is 11.5 Å². The first-order chi connectivity index (χ1) is 11.3. The summed E-state index contributed by atoms with van der Waals surface area (Å²) >= 11 is 0. The van der Waals surface area contributed by atoms with Gasteiger partial charge in [-0.25, -0.2) is 4.79 Å². The highest BCUT2D eigenvalue weighted by molar-refractivity contribution is 5.84. The topological polar surface area (TPSA) is 44.8 Å². The number of rotatable bonds is 5. The van der Waals surface area contributed by atoms with E-state index < -0.39 is 5.60 Å². The Bertz CT molecular complexity index is 708. The summed E-state index contributed by atoms with van der Waals surface area (Å²) in [5.41, 5.74) is 2.45. The normalized spacial score (nSPS) is 16.2. The Morgan fingerprint density at radius 1 is 1.33 bits per heavy atom. The molecule has 0 saturated heterocycles. The van der Waals surface area contributed by atoms with E-state index in [9.17, 15) is 4.79 Å². The van der Waals surface area contributed by atoms with Gasteiger partial charge < -0.3 is 14.2 Å². The Balaban J connectivity index is 2.30. The van der Waals surface area contributed by atoms with E-state index in [-0.39, 0.29) is 5.97 Å². The summed E-state index contributed by atoms with van der Waals surface area (Å²) in [7, 11) is 1.63. The fourth-order valence-electron chi connectivity index (χ4n) is 2.49. The molecule has 128 valence electrons. The van der Waals surface area contributed by atoms with Crippen molar-refractivity contribution in [2.24, 2.45) is 0 Å². The van der Waals surface area contributed by atoms with Crippen LogP contribution in [0.3, 0.4) is 0 Å². The Hall–Kier alpha value is -2.49. The first kappa shape index (κ1) is 17.9. The quantitative estimate of drug-likeness (QED) is 0.459. The summed E-state index contributed by atoms with van der Waals surface area (Å²) in [4.78, 5) is 11.5. The van der Waals surface area contributed by atoms with Crippen LogP contribution < -0.4 is 9.47 Å². The Kier molecular flexibility index (Phi) is 5.50. The van der Waals surface area contributed by atoms with E-state index in [2.05, 4.69) is 6.08 Å². The molecular weight excluding hydrogens is 304 g/mol. The zero-order valence-electron chi connectivity index (χ0n) is 14.9. The van der Waals surface area contributed by atoms with E-state index >= 15 is 0 Å². The van der Waals surface area contributed by atoms with Gasteiger partial charge in [0.15, 0.2) is 0 Å². The summed E-state index contributed by atoms with van der Waals surface area (Å²) in [6, 6.07) is 5.77. The van der Waals surface area contributed by atoms with Crippen LogP contribution in [-0.4, -0.2) is 25.3 Å². The Morgan fingerprint density at radius 3 is 2.75 bits per heavy atom. The highest BCUT2D eigenvalue weighted by atomic mass is 16.5. The standard InChI is InChI=1S/C20H24O4/c1-6-23-19(21)11-14(2)7-8-15-13-20(3,4)24-18-12-16(22-5)9-10-17(15)18/h7-13H,6H2,1-5H3/b8-7+,14-11+. The van der Waals surface area contributed by atoms with Gasteiger partial charge >= 0.3 is 5.97 Å². The molecule has 0 saturated carbocycles. The second kappa shape index (κ2) is 7.39. The summed E-state index contributed by atoms with van der Waals surface area (Å²) in [6.07, 6.45) is 7.44. The molecule has 0 aromatic heterocycles. The molecule has 1 aromatic rings. The highest BCUT2D eigenvalue weighted by Crippen LogP contribution is 2.38. The lowest BCUT2D eigenvalue weighted by atomic mass is 9.94. The zero-order chi connectivity index (χ0) is 17.7. The van der Waals surface area contributed by atoms with Crippen LogP contribution in [0.25, 0.3) is 5.57 Å². The van der Waals surface area contributed by atoms with Crippen molar-refractivity contribution in [3.05, 3.63) is 53.6 Å². The fourth-order valence-corrected chi connectivity index (χ4v) is 2.49. The van der Waals surface area contributed by atoms with Crippen molar-refractivity contribution in [3.8, 4) is 11.5 Å². The van der Waals surface area contributed by atoms with Crippen molar-refractivity contribution in [1.82, 2.24) is 0 Å². The van der Waals surface area contributed by atoms with Crippen LogP contribution in [0.1, 0.15) is 33.3 Å². The second-order valence-corrected chi connectivity index (χ2v) is 6.14. The number of esters is 1. The van der Waals surface area contributed by atoms with E-state index in [0.717, 1.165) is 28.2 Å².